The molecule has 0 aliphatic heterocycles. The summed E-state index contributed by atoms with van der Waals surface area (Å²) in [6, 6.07) is 5.55. The van der Waals surface area contributed by atoms with Crippen molar-refractivity contribution in [2.75, 3.05) is 0 Å². The zero-order chi connectivity index (χ0) is 21.7. The van der Waals surface area contributed by atoms with Gasteiger partial charge in [0.25, 0.3) is 0 Å². The Morgan fingerprint density at radius 2 is 1.78 bits per heavy atom. The summed E-state index contributed by atoms with van der Waals surface area (Å²) in [4.78, 5) is 4.90. The number of sulfonamides is 1. The Hall–Kier alpha value is -2.59. The normalized spacial score (nSPS) is 24.0. The van der Waals surface area contributed by atoms with E-state index in [1.54, 1.807) is 24.8 Å². The predicted molar refractivity (Wildman–Crippen MR) is 115 cm³/mol. The molecule has 0 unspecified atom stereocenters. The van der Waals surface area contributed by atoms with Crippen molar-refractivity contribution < 1.29 is 12.9 Å². The van der Waals surface area contributed by atoms with Gasteiger partial charge in [-0.2, -0.15) is 4.98 Å². The molecule has 0 spiro atoms. The summed E-state index contributed by atoms with van der Waals surface area (Å²) in [5, 5.41) is 11.9. The molecule has 1 N–H and O–H groups in total. The van der Waals surface area contributed by atoms with Crippen molar-refractivity contribution in [3.63, 3.8) is 0 Å². The second kappa shape index (κ2) is 7.77. The number of nitrogens with one attached hydrogen (secondary N) is 1. The van der Waals surface area contributed by atoms with Gasteiger partial charge in [0.2, 0.25) is 21.7 Å². The Kier molecular flexibility index (Phi) is 4.87. The third kappa shape index (κ3) is 3.97. The summed E-state index contributed by atoms with van der Waals surface area (Å²) in [6.45, 7) is 0. The van der Waals surface area contributed by atoms with Gasteiger partial charge >= 0.3 is 0 Å². The monoisotopic (exact) mass is 454 g/mol. The van der Waals surface area contributed by atoms with Crippen molar-refractivity contribution >= 4 is 10.0 Å². The van der Waals surface area contributed by atoms with Gasteiger partial charge in [0.15, 0.2) is 0 Å². The Bertz CT molecular complexity index is 1210. The summed E-state index contributed by atoms with van der Waals surface area (Å²) in [5.74, 6) is 1.88. The van der Waals surface area contributed by atoms with Gasteiger partial charge in [-0.05, 0) is 81.0 Å². The number of aromatic nitrogens is 5. The second-order valence-electron chi connectivity index (χ2n) is 9.31. The Morgan fingerprint density at radius 3 is 2.53 bits per heavy atom. The van der Waals surface area contributed by atoms with E-state index in [1.807, 2.05) is 10.6 Å². The Morgan fingerprint density at radius 1 is 1.00 bits per heavy atom. The molecular formula is C22H26N6O3S. The van der Waals surface area contributed by atoms with Gasteiger partial charge in [-0.15, -0.1) is 10.2 Å². The average molecular weight is 455 g/mol. The standard InChI is InChI=1S/C22H26N6O3S/c29-32(30,27-17-2-1-3-18(11-17)28-12-23-24-13-28)20-9-8-16(10-19(20)14-4-5-14)21-25-22(31-26-21)15-6-7-15/h8-10,12-15,17-18,27H,1-7,11H2/t17-,18+/m0/s1. The van der Waals surface area contributed by atoms with E-state index < -0.39 is 10.0 Å². The maximum absolute atomic E-state index is 13.4. The van der Waals surface area contributed by atoms with E-state index in [0.717, 1.165) is 62.5 Å². The molecule has 168 valence electrons. The van der Waals surface area contributed by atoms with Crippen molar-refractivity contribution in [3.8, 4) is 11.4 Å². The van der Waals surface area contributed by atoms with Crippen molar-refractivity contribution in [3.05, 3.63) is 42.3 Å². The lowest BCUT2D eigenvalue weighted by atomic mass is 9.91. The van der Waals surface area contributed by atoms with Crippen LogP contribution in [0.4, 0.5) is 0 Å². The van der Waals surface area contributed by atoms with Crippen LogP contribution < -0.4 is 4.72 Å². The third-order valence-corrected chi connectivity index (χ3v) is 8.36. The third-order valence-electron chi connectivity index (χ3n) is 6.77. The van der Waals surface area contributed by atoms with Gasteiger partial charge in [-0.1, -0.05) is 5.16 Å². The average Bonchev–Trinajstić information content (AvgIpc) is 3.72. The molecule has 1 aromatic carbocycles. The van der Waals surface area contributed by atoms with E-state index >= 15 is 0 Å². The minimum atomic E-state index is -3.64. The molecule has 3 aromatic rings. The van der Waals surface area contributed by atoms with E-state index in [-0.39, 0.29) is 18.0 Å². The maximum atomic E-state index is 13.4. The van der Waals surface area contributed by atoms with Gasteiger partial charge < -0.3 is 9.09 Å². The molecule has 0 radical (unpaired) electrons. The number of benzene rings is 1. The van der Waals surface area contributed by atoms with Gasteiger partial charge in [0, 0.05) is 23.6 Å². The molecule has 10 heteroatoms. The molecule has 32 heavy (non-hydrogen) atoms. The number of nitrogens with zero attached hydrogens (tertiary/aromatic N) is 5. The van der Waals surface area contributed by atoms with E-state index in [2.05, 4.69) is 25.1 Å². The minimum absolute atomic E-state index is 0.105. The number of hydrogen-bond acceptors (Lipinski definition) is 7. The fraction of sp³-hybridized carbons (Fsp3) is 0.545. The fourth-order valence-corrected chi connectivity index (χ4v) is 6.28. The van der Waals surface area contributed by atoms with Gasteiger partial charge in [-0.3, -0.25) is 0 Å². The quantitative estimate of drug-likeness (QED) is 0.580. The highest BCUT2D eigenvalue weighted by Gasteiger charge is 2.34. The molecular weight excluding hydrogens is 428 g/mol. The highest BCUT2D eigenvalue weighted by Crippen LogP contribution is 2.45. The van der Waals surface area contributed by atoms with Crippen molar-refractivity contribution in [2.24, 2.45) is 0 Å². The fourth-order valence-electron chi connectivity index (χ4n) is 4.72. The van der Waals surface area contributed by atoms with Crippen LogP contribution in [0.25, 0.3) is 11.4 Å². The lowest BCUT2D eigenvalue weighted by Crippen LogP contribution is -2.39. The molecule has 6 rings (SSSR count). The first-order chi connectivity index (χ1) is 15.6. The summed E-state index contributed by atoms with van der Waals surface area (Å²) < 4.78 is 37.2. The number of rotatable bonds is 7. The molecule has 2 aromatic heterocycles. The van der Waals surface area contributed by atoms with Gasteiger partial charge in [-0.25, -0.2) is 13.1 Å². The van der Waals surface area contributed by atoms with Crippen molar-refractivity contribution in [1.29, 1.82) is 0 Å². The van der Waals surface area contributed by atoms with Crippen molar-refractivity contribution in [2.45, 2.75) is 80.2 Å². The molecule has 2 atom stereocenters. The van der Waals surface area contributed by atoms with Crippen molar-refractivity contribution in [1.82, 2.24) is 29.6 Å². The van der Waals surface area contributed by atoms with Crippen LogP contribution in [0, 0.1) is 0 Å². The molecule has 0 bridgehead atoms. The molecule has 3 saturated carbocycles. The second-order valence-corrected chi connectivity index (χ2v) is 11.0. The lowest BCUT2D eigenvalue weighted by molar-refractivity contribution is 0.305. The Balaban J connectivity index is 1.25. The first-order valence-corrected chi connectivity index (χ1v) is 12.9. The minimum Gasteiger partial charge on any atom is -0.339 e. The highest BCUT2D eigenvalue weighted by atomic mass is 32.2. The van der Waals surface area contributed by atoms with Crippen LogP contribution in [-0.2, 0) is 10.0 Å². The molecule has 2 heterocycles. The van der Waals surface area contributed by atoms with Crippen LogP contribution in [-0.4, -0.2) is 39.4 Å². The first kappa shape index (κ1) is 20.0. The number of hydrogen-bond donors (Lipinski definition) is 1. The zero-order valence-corrected chi connectivity index (χ0v) is 18.5. The SMILES string of the molecule is O=S(=O)(N[C@H]1CCC[C@@H](n2cnnc2)C1)c1ccc(-c2noc(C3CC3)n2)cc1C1CC1. The highest BCUT2D eigenvalue weighted by molar-refractivity contribution is 7.89. The summed E-state index contributed by atoms with van der Waals surface area (Å²) >= 11 is 0. The Labute approximate surface area is 186 Å². The van der Waals surface area contributed by atoms with Crippen LogP contribution in [0.1, 0.15) is 80.7 Å². The smallest absolute Gasteiger partial charge is 0.241 e. The van der Waals surface area contributed by atoms with Crippen LogP contribution in [0.3, 0.4) is 0 Å². The van der Waals surface area contributed by atoms with Crippen LogP contribution >= 0.6 is 0 Å². The van der Waals surface area contributed by atoms with E-state index in [4.69, 9.17) is 4.52 Å². The molecule has 9 nitrogen and oxygen atoms in total. The van der Waals surface area contributed by atoms with E-state index in [0.29, 0.717) is 22.5 Å². The van der Waals surface area contributed by atoms with Crippen LogP contribution in [0.5, 0.6) is 0 Å². The van der Waals surface area contributed by atoms with E-state index in [9.17, 15) is 8.42 Å². The van der Waals surface area contributed by atoms with Crippen LogP contribution in [0.2, 0.25) is 0 Å². The molecule has 3 aliphatic carbocycles. The topological polar surface area (TPSA) is 116 Å². The molecule has 0 amide bonds. The van der Waals surface area contributed by atoms with Gasteiger partial charge in [0.1, 0.15) is 12.7 Å². The molecule has 3 fully saturated rings. The summed E-state index contributed by atoms with van der Waals surface area (Å²) in [6.07, 6.45) is 11.2. The predicted octanol–water partition coefficient (Wildman–Crippen LogP) is 3.55. The summed E-state index contributed by atoms with van der Waals surface area (Å²) in [7, 11) is -3.64. The van der Waals surface area contributed by atoms with Crippen LogP contribution in [0.15, 0.2) is 40.3 Å². The maximum Gasteiger partial charge on any atom is 0.241 e. The van der Waals surface area contributed by atoms with Gasteiger partial charge in [0.05, 0.1) is 4.90 Å². The largest absolute Gasteiger partial charge is 0.339 e. The molecule has 0 saturated heterocycles. The summed E-state index contributed by atoms with van der Waals surface area (Å²) in [5.41, 5.74) is 1.67. The molecule has 3 aliphatic rings. The van der Waals surface area contributed by atoms with E-state index in [1.165, 1.54) is 0 Å². The first-order valence-electron chi connectivity index (χ1n) is 11.4. The lowest BCUT2D eigenvalue weighted by Gasteiger charge is -2.30. The zero-order valence-electron chi connectivity index (χ0n) is 17.7.